The highest BCUT2D eigenvalue weighted by Crippen LogP contribution is 2.42. The standard InChI is InChI=1S/C26H20/c1-3-9-19-17(7-1)13-15-23-21-11-5-6-12-22(21)24-16-14-18-8-2-4-10-20(18)26(24)25(19)23/h1,3,5-7,9,11-16H,2,4,8,10H2. The van der Waals surface area contributed by atoms with Crippen molar-refractivity contribution in [1.82, 2.24) is 0 Å². The van der Waals surface area contributed by atoms with Crippen molar-refractivity contribution < 1.29 is 0 Å². The van der Waals surface area contributed by atoms with Crippen LogP contribution in [0.4, 0.5) is 0 Å². The summed E-state index contributed by atoms with van der Waals surface area (Å²) in [6.07, 6.45) is 5.07. The van der Waals surface area contributed by atoms with E-state index in [1.54, 1.807) is 11.1 Å². The molecule has 26 heavy (non-hydrogen) atoms. The normalized spacial score (nSPS) is 14.3. The molecule has 1 aliphatic carbocycles. The maximum absolute atomic E-state index is 2.39. The van der Waals surface area contributed by atoms with Crippen molar-refractivity contribution in [1.29, 1.82) is 0 Å². The summed E-state index contributed by atoms with van der Waals surface area (Å²) >= 11 is 0. The second-order valence-electron chi connectivity index (χ2n) is 7.59. The Kier molecular flexibility index (Phi) is 2.93. The van der Waals surface area contributed by atoms with E-state index in [-0.39, 0.29) is 0 Å². The molecule has 5 aromatic carbocycles. The molecular weight excluding hydrogens is 312 g/mol. The van der Waals surface area contributed by atoms with E-state index in [1.807, 2.05) is 0 Å². The van der Waals surface area contributed by atoms with Gasteiger partial charge in [0.15, 0.2) is 0 Å². The molecule has 0 bridgehead atoms. The van der Waals surface area contributed by atoms with Gasteiger partial charge in [0.2, 0.25) is 0 Å². The summed E-state index contributed by atoms with van der Waals surface area (Å²) in [7, 11) is 0. The molecule has 0 radical (unpaired) electrons. The molecule has 0 aliphatic heterocycles. The van der Waals surface area contributed by atoms with Crippen LogP contribution in [0.25, 0.3) is 43.1 Å². The molecule has 0 heteroatoms. The van der Waals surface area contributed by atoms with Gasteiger partial charge in [-0.2, -0.15) is 0 Å². The molecule has 6 rings (SSSR count). The molecule has 0 spiro atoms. The van der Waals surface area contributed by atoms with E-state index in [0.717, 1.165) is 0 Å². The van der Waals surface area contributed by atoms with Crippen LogP contribution in [0.3, 0.4) is 0 Å². The quantitative estimate of drug-likeness (QED) is 0.263. The fraction of sp³-hybridized carbons (Fsp3) is 0.154. The average Bonchev–Trinajstić information content (AvgIpc) is 2.73. The fourth-order valence-corrected chi connectivity index (χ4v) is 5.06. The van der Waals surface area contributed by atoms with Crippen molar-refractivity contribution in [3.8, 4) is 0 Å². The Morgan fingerprint density at radius 1 is 0.462 bits per heavy atom. The number of rotatable bonds is 0. The Morgan fingerprint density at radius 3 is 1.96 bits per heavy atom. The lowest BCUT2D eigenvalue weighted by atomic mass is 9.83. The fourth-order valence-electron chi connectivity index (χ4n) is 5.06. The van der Waals surface area contributed by atoms with Crippen LogP contribution >= 0.6 is 0 Å². The third-order valence-corrected chi connectivity index (χ3v) is 6.22. The molecule has 0 nitrogen and oxygen atoms in total. The van der Waals surface area contributed by atoms with Crippen LogP contribution in [0, 0.1) is 0 Å². The molecule has 0 saturated carbocycles. The van der Waals surface area contributed by atoms with E-state index in [0.29, 0.717) is 0 Å². The van der Waals surface area contributed by atoms with E-state index in [2.05, 4.69) is 72.8 Å². The van der Waals surface area contributed by atoms with Crippen LogP contribution in [0.15, 0.2) is 72.8 Å². The van der Waals surface area contributed by atoms with Crippen LogP contribution in [-0.2, 0) is 12.8 Å². The summed E-state index contributed by atoms with van der Waals surface area (Å²) in [5, 5.41) is 11.3. The van der Waals surface area contributed by atoms with Crippen molar-refractivity contribution in [3.63, 3.8) is 0 Å². The van der Waals surface area contributed by atoms with Crippen LogP contribution in [-0.4, -0.2) is 0 Å². The zero-order valence-corrected chi connectivity index (χ0v) is 14.8. The van der Waals surface area contributed by atoms with Crippen molar-refractivity contribution in [2.24, 2.45) is 0 Å². The Labute approximate surface area is 153 Å². The highest BCUT2D eigenvalue weighted by molar-refractivity contribution is 6.32. The number of fused-ring (bicyclic) bond motifs is 10. The van der Waals surface area contributed by atoms with Gasteiger partial charge in [-0.25, -0.2) is 0 Å². The van der Waals surface area contributed by atoms with Gasteiger partial charge in [0.1, 0.15) is 0 Å². The summed E-state index contributed by atoms with van der Waals surface area (Å²) in [5.74, 6) is 0. The van der Waals surface area contributed by atoms with Gasteiger partial charge in [-0.15, -0.1) is 0 Å². The maximum Gasteiger partial charge on any atom is -0.00175 e. The lowest BCUT2D eigenvalue weighted by molar-refractivity contribution is 0.690. The maximum atomic E-state index is 2.39. The molecule has 0 N–H and O–H groups in total. The highest BCUT2D eigenvalue weighted by atomic mass is 14.2. The first-order valence-electron chi connectivity index (χ1n) is 9.68. The molecule has 0 saturated heterocycles. The second kappa shape index (κ2) is 5.32. The molecule has 0 amide bonds. The molecular formula is C26H20. The highest BCUT2D eigenvalue weighted by Gasteiger charge is 2.18. The third kappa shape index (κ3) is 1.85. The summed E-state index contributed by atoms with van der Waals surface area (Å²) < 4.78 is 0. The lowest BCUT2D eigenvalue weighted by Crippen LogP contribution is -2.03. The van der Waals surface area contributed by atoms with Gasteiger partial charge in [0.05, 0.1) is 0 Å². The topological polar surface area (TPSA) is 0 Å². The first kappa shape index (κ1) is 14.3. The Hall–Kier alpha value is -2.86. The Balaban J connectivity index is 2.00. The zero-order valence-electron chi connectivity index (χ0n) is 14.8. The summed E-state index contributed by atoms with van der Waals surface area (Å²) in [6, 6.07) is 27.2. The molecule has 0 heterocycles. The van der Waals surface area contributed by atoms with Gasteiger partial charge >= 0.3 is 0 Å². The predicted octanol–water partition coefficient (Wildman–Crippen LogP) is 7.18. The molecule has 0 unspecified atom stereocenters. The second-order valence-corrected chi connectivity index (χ2v) is 7.59. The summed E-state index contributed by atoms with van der Waals surface area (Å²) in [5.41, 5.74) is 3.16. The van der Waals surface area contributed by atoms with E-state index < -0.39 is 0 Å². The zero-order chi connectivity index (χ0) is 17.1. The van der Waals surface area contributed by atoms with E-state index in [9.17, 15) is 0 Å². The number of aryl methyl sites for hydroxylation is 2. The van der Waals surface area contributed by atoms with Crippen molar-refractivity contribution in [2.45, 2.75) is 25.7 Å². The SMILES string of the molecule is c1ccc2c(c1)ccc1c3ccccc3c3ccc4c(c3c21)CCCC4. The predicted molar refractivity (Wildman–Crippen MR) is 113 cm³/mol. The molecule has 124 valence electrons. The number of benzene rings is 5. The lowest BCUT2D eigenvalue weighted by Gasteiger charge is -2.21. The Morgan fingerprint density at radius 2 is 1.12 bits per heavy atom. The summed E-state index contributed by atoms with van der Waals surface area (Å²) in [6.45, 7) is 0. The van der Waals surface area contributed by atoms with Crippen LogP contribution in [0.2, 0.25) is 0 Å². The minimum atomic E-state index is 1.21. The summed E-state index contributed by atoms with van der Waals surface area (Å²) in [4.78, 5) is 0. The molecule has 0 atom stereocenters. The minimum Gasteiger partial charge on any atom is -0.0616 e. The van der Waals surface area contributed by atoms with Crippen molar-refractivity contribution in [2.75, 3.05) is 0 Å². The molecule has 5 aromatic rings. The minimum absolute atomic E-state index is 1.21. The largest absolute Gasteiger partial charge is 0.0616 e. The molecule has 0 aromatic heterocycles. The molecule has 0 fully saturated rings. The first-order chi connectivity index (χ1) is 12.9. The van der Waals surface area contributed by atoms with E-state index in [1.165, 1.54) is 68.8 Å². The van der Waals surface area contributed by atoms with Gasteiger partial charge in [-0.05, 0) is 79.9 Å². The third-order valence-electron chi connectivity index (χ3n) is 6.22. The van der Waals surface area contributed by atoms with Gasteiger partial charge in [0.25, 0.3) is 0 Å². The van der Waals surface area contributed by atoms with E-state index in [4.69, 9.17) is 0 Å². The smallest absolute Gasteiger partial charge is 0.00175 e. The van der Waals surface area contributed by atoms with E-state index >= 15 is 0 Å². The van der Waals surface area contributed by atoms with Crippen molar-refractivity contribution >= 4 is 43.1 Å². The van der Waals surface area contributed by atoms with Gasteiger partial charge in [-0.3, -0.25) is 0 Å². The monoisotopic (exact) mass is 332 g/mol. The molecule has 1 aliphatic rings. The Bertz CT molecular complexity index is 1320. The van der Waals surface area contributed by atoms with Crippen molar-refractivity contribution in [3.05, 3.63) is 83.9 Å². The van der Waals surface area contributed by atoms with Crippen LogP contribution < -0.4 is 0 Å². The van der Waals surface area contributed by atoms with Gasteiger partial charge < -0.3 is 0 Å². The van der Waals surface area contributed by atoms with Gasteiger partial charge in [0, 0.05) is 0 Å². The van der Waals surface area contributed by atoms with Crippen LogP contribution in [0.5, 0.6) is 0 Å². The van der Waals surface area contributed by atoms with Gasteiger partial charge in [-0.1, -0.05) is 72.8 Å². The first-order valence-corrected chi connectivity index (χ1v) is 9.68. The van der Waals surface area contributed by atoms with Crippen LogP contribution in [0.1, 0.15) is 24.0 Å². The average molecular weight is 332 g/mol. The number of hydrogen-bond acceptors (Lipinski definition) is 0. The number of hydrogen-bond donors (Lipinski definition) is 0.